The second-order valence-electron chi connectivity index (χ2n) is 8.46. The molecule has 0 unspecified atom stereocenters. The van der Waals surface area contributed by atoms with Gasteiger partial charge in [0.2, 0.25) is 5.91 Å². The molecule has 0 bridgehead atoms. The van der Waals surface area contributed by atoms with Crippen molar-refractivity contribution in [2.24, 2.45) is 0 Å². The van der Waals surface area contributed by atoms with Gasteiger partial charge in [0.25, 0.3) is 0 Å². The van der Waals surface area contributed by atoms with Gasteiger partial charge in [0.1, 0.15) is 5.52 Å². The second-order valence-corrected chi connectivity index (χ2v) is 13.5. The Kier molecular flexibility index (Phi) is 7.57. The normalized spacial score (nSPS) is 15.4. The zero-order valence-electron chi connectivity index (χ0n) is 19.5. The molecule has 0 radical (unpaired) electrons. The van der Waals surface area contributed by atoms with E-state index in [9.17, 15) is 21.6 Å². The molecule has 4 rings (SSSR count). The molecule has 35 heavy (non-hydrogen) atoms. The molecule has 1 aromatic heterocycles. The second kappa shape index (κ2) is 10.3. The summed E-state index contributed by atoms with van der Waals surface area (Å²) in [6, 6.07) is 11.2. The van der Waals surface area contributed by atoms with Crippen molar-refractivity contribution < 1.29 is 26.4 Å². The zero-order chi connectivity index (χ0) is 25.2. The summed E-state index contributed by atoms with van der Waals surface area (Å²) in [5.41, 5.74) is 1.04. The van der Waals surface area contributed by atoms with Crippen molar-refractivity contribution in [3.63, 3.8) is 0 Å². The Balaban J connectivity index is 1.63. The molecule has 3 aromatic rings. The van der Waals surface area contributed by atoms with E-state index in [0.717, 1.165) is 25.6 Å². The SMILES string of the molecule is CS(=O)(=O)c1ccc(CC(=O)N(CCN2CCOCC2)c2nc3c(S(C)(=O)=O)cccc3s2)cc1. The first-order valence-electron chi connectivity index (χ1n) is 11.0. The van der Waals surface area contributed by atoms with Crippen LogP contribution in [0.3, 0.4) is 0 Å². The third-order valence-electron chi connectivity index (χ3n) is 5.75. The van der Waals surface area contributed by atoms with Crippen molar-refractivity contribution in [2.45, 2.75) is 16.2 Å². The summed E-state index contributed by atoms with van der Waals surface area (Å²) in [7, 11) is -6.81. The zero-order valence-corrected chi connectivity index (χ0v) is 22.0. The highest BCUT2D eigenvalue weighted by atomic mass is 32.2. The molecule has 0 saturated carbocycles. The third kappa shape index (κ3) is 6.25. The predicted octanol–water partition coefficient (Wildman–Crippen LogP) is 2.01. The maximum Gasteiger partial charge on any atom is 0.233 e. The number of ether oxygens (including phenoxy) is 1. The van der Waals surface area contributed by atoms with Crippen LogP contribution in [0.4, 0.5) is 5.13 Å². The van der Waals surface area contributed by atoms with Gasteiger partial charge in [0, 0.05) is 38.7 Å². The molecule has 12 heteroatoms. The Morgan fingerprint density at radius 2 is 1.71 bits per heavy atom. The van der Waals surface area contributed by atoms with Crippen LogP contribution in [0.1, 0.15) is 5.56 Å². The largest absolute Gasteiger partial charge is 0.379 e. The number of rotatable bonds is 8. The standard InChI is InChI=1S/C23H27N3O6S3/c1-34(28,29)18-8-6-17(7-9-18)16-21(27)26(11-10-25-12-14-32-15-13-25)23-24-22-19(33-23)4-3-5-20(22)35(2,30)31/h3-9H,10-16H2,1-2H3. The maximum absolute atomic E-state index is 13.4. The maximum atomic E-state index is 13.4. The molecule has 1 fully saturated rings. The van der Waals surface area contributed by atoms with Crippen LogP contribution < -0.4 is 4.90 Å². The van der Waals surface area contributed by atoms with Crippen LogP contribution >= 0.6 is 11.3 Å². The van der Waals surface area contributed by atoms with Crippen LogP contribution in [0, 0.1) is 0 Å². The van der Waals surface area contributed by atoms with Crippen LogP contribution in [-0.2, 0) is 35.6 Å². The molecule has 188 valence electrons. The van der Waals surface area contributed by atoms with Crippen LogP contribution in [0.2, 0.25) is 0 Å². The average molecular weight is 538 g/mol. The smallest absolute Gasteiger partial charge is 0.233 e. The summed E-state index contributed by atoms with van der Waals surface area (Å²) in [5.74, 6) is -0.203. The molecular weight excluding hydrogens is 510 g/mol. The highest BCUT2D eigenvalue weighted by molar-refractivity contribution is 7.91. The number of morpholine rings is 1. The van der Waals surface area contributed by atoms with Gasteiger partial charge in [-0.2, -0.15) is 0 Å². The van der Waals surface area contributed by atoms with Gasteiger partial charge in [-0.25, -0.2) is 21.8 Å². The number of carbonyl (C=O) groups excluding carboxylic acids is 1. The van der Waals surface area contributed by atoms with E-state index < -0.39 is 19.7 Å². The van der Waals surface area contributed by atoms with Crippen molar-refractivity contribution in [2.75, 3.05) is 56.8 Å². The summed E-state index contributed by atoms with van der Waals surface area (Å²) in [6.07, 6.45) is 2.34. The lowest BCUT2D eigenvalue weighted by atomic mass is 10.1. The number of sulfone groups is 2. The van der Waals surface area contributed by atoms with E-state index in [0.29, 0.717) is 47.2 Å². The summed E-state index contributed by atoms with van der Waals surface area (Å²) in [6.45, 7) is 3.82. The Morgan fingerprint density at radius 1 is 1.03 bits per heavy atom. The van der Waals surface area contributed by atoms with Gasteiger partial charge in [-0.05, 0) is 29.8 Å². The topological polar surface area (TPSA) is 114 Å². The van der Waals surface area contributed by atoms with Crippen LogP contribution in [-0.4, -0.2) is 84.5 Å². The van der Waals surface area contributed by atoms with Gasteiger partial charge < -0.3 is 4.74 Å². The number of thiazole rings is 1. The minimum absolute atomic E-state index is 0.0576. The first kappa shape index (κ1) is 25.7. The minimum atomic E-state index is -3.49. The van der Waals surface area contributed by atoms with Gasteiger partial charge in [0.05, 0.1) is 34.1 Å². The Labute approximate surface area is 209 Å². The highest BCUT2D eigenvalue weighted by Gasteiger charge is 2.24. The van der Waals surface area contributed by atoms with Gasteiger partial charge in [-0.3, -0.25) is 14.6 Å². The quantitative estimate of drug-likeness (QED) is 0.429. The van der Waals surface area contributed by atoms with Crippen molar-refractivity contribution >= 4 is 52.3 Å². The summed E-state index contributed by atoms with van der Waals surface area (Å²) in [5, 5.41) is 0.433. The Morgan fingerprint density at radius 3 is 2.34 bits per heavy atom. The molecule has 1 amide bonds. The fourth-order valence-electron chi connectivity index (χ4n) is 3.84. The lowest BCUT2D eigenvalue weighted by Gasteiger charge is -2.29. The number of fused-ring (bicyclic) bond motifs is 1. The summed E-state index contributed by atoms with van der Waals surface area (Å²) >= 11 is 1.27. The van der Waals surface area contributed by atoms with Crippen molar-refractivity contribution in [3.05, 3.63) is 48.0 Å². The number of para-hydroxylation sites is 1. The number of hydrogen-bond acceptors (Lipinski definition) is 9. The summed E-state index contributed by atoms with van der Waals surface area (Å²) in [4.78, 5) is 22.1. The van der Waals surface area contributed by atoms with Gasteiger partial charge in [-0.1, -0.05) is 29.5 Å². The van der Waals surface area contributed by atoms with Crippen molar-refractivity contribution in [3.8, 4) is 0 Å². The van der Waals surface area contributed by atoms with E-state index in [1.807, 2.05) is 0 Å². The fraction of sp³-hybridized carbons (Fsp3) is 0.391. The molecule has 0 N–H and O–H groups in total. The number of benzene rings is 2. The van der Waals surface area contributed by atoms with Gasteiger partial charge >= 0.3 is 0 Å². The number of amides is 1. The molecule has 1 aliphatic heterocycles. The lowest BCUT2D eigenvalue weighted by Crippen LogP contribution is -2.43. The average Bonchev–Trinajstić information content (AvgIpc) is 3.23. The molecule has 2 aromatic carbocycles. The number of anilines is 1. The van der Waals surface area contributed by atoms with E-state index in [1.54, 1.807) is 29.2 Å². The van der Waals surface area contributed by atoms with Gasteiger partial charge in [0.15, 0.2) is 24.8 Å². The number of aromatic nitrogens is 1. The van der Waals surface area contributed by atoms with Crippen LogP contribution in [0.25, 0.3) is 10.2 Å². The highest BCUT2D eigenvalue weighted by Crippen LogP contribution is 2.33. The molecule has 1 aliphatic rings. The fourth-order valence-corrected chi connectivity index (χ4v) is 6.41. The lowest BCUT2D eigenvalue weighted by molar-refractivity contribution is -0.118. The molecular formula is C23H27N3O6S3. The predicted molar refractivity (Wildman–Crippen MR) is 136 cm³/mol. The number of carbonyl (C=O) groups is 1. The van der Waals surface area contributed by atoms with Gasteiger partial charge in [-0.15, -0.1) is 0 Å². The summed E-state index contributed by atoms with van der Waals surface area (Å²) < 4.78 is 54.1. The first-order chi connectivity index (χ1) is 16.5. The van der Waals surface area contributed by atoms with Crippen LogP contribution in [0.15, 0.2) is 52.3 Å². The van der Waals surface area contributed by atoms with E-state index in [2.05, 4.69) is 9.88 Å². The molecule has 1 saturated heterocycles. The van der Waals surface area contributed by atoms with E-state index in [1.165, 1.54) is 29.5 Å². The van der Waals surface area contributed by atoms with E-state index >= 15 is 0 Å². The molecule has 0 atom stereocenters. The van der Waals surface area contributed by atoms with Crippen molar-refractivity contribution in [1.82, 2.24) is 9.88 Å². The monoisotopic (exact) mass is 537 g/mol. The molecule has 9 nitrogen and oxygen atoms in total. The third-order valence-corrected chi connectivity index (χ3v) is 9.05. The molecule has 0 spiro atoms. The number of hydrogen-bond donors (Lipinski definition) is 0. The Bertz CT molecular complexity index is 1430. The molecule has 2 heterocycles. The molecule has 0 aliphatic carbocycles. The van der Waals surface area contributed by atoms with E-state index in [4.69, 9.17) is 4.74 Å². The van der Waals surface area contributed by atoms with Crippen LogP contribution in [0.5, 0.6) is 0 Å². The first-order valence-corrected chi connectivity index (χ1v) is 15.6. The number of nitrogens with zero attached hydrogens (tertiary/aromatic N) is 3. The van der Waals surface area contributed by atoms with E-state index in [-0.39, 0.29) is 22.1 Å². The Hall–Kier alpha value is -2.38. The van der Waals surface area contributed by atoms with Crippen molar-refractivity contribution in [1.29, 1.82) is 0 Å². The minimum Gasteiger partial charge on any atom is -0.379 e.